The number of ether oxygens (including phenoxy) is 1. The van der Waals surface area contributed by atoms with Crippen LogP contribution in [0.4, 0.5) is 10.3 Å². The first-order chi connectivity index (χ1) is 10.3. The van der Waals surface area contributed by atoms with Crippen LogP contribution in [0, 0.1) is 11.7 Å². The van der Waals surface area contributed by atoms with Gasteiger partial charge in [-0.05, 0) is 30.5 Å². The molecule has 1 N–H and O–H groups in total. The van der Waals surface area contributed by atoms with E-state index in [1.54, 1.807) is 31.5 Å². The van der Waals surface area contributed by atoms with Crippen molar-refractivity contribution in [3.63, 3.8) is 0 Å². The van der Waals surface area contributed by atoms with Crippen molar-refractivity contribution in [3.05, 3.63) is 47.9 Å². The first kappa shape index (κ1) is 13.5. The highest BCUT2D eigenvalue weighted by molar-refractivity contribution is 6.03. The molecule has 0 spiro atoms. The molecular formula is C15H15FN4O. The highest BCUT2D eigenvalue weighted by Crippen LogP contribution is 2.33. The number of hydrazone groups is 1. The molecule has 1 aliphatic carbocycles. The van der Waals surface area contributed by atoms with Crippen LogP contribution in [0.15, 0.2) is 41.6 Å². The fraction of sp³-hybridized carbons (Fsp3) is 0.267. The van der Waals surface area contributed by atoms with Crippen molar-refractivity contribution in [2.45, 2.75) is 12.8 Å². The number of nitrogens with zero attached hydrogens (tertiary/aromatic N) is 3. The topological polar surface area (TPSA) is 59.4 Å². The predicted octanol–water partition coefficient (Wildman–Crippen LogP) is 2.85. The average molecular weight is 286 g/mol. The van der Waals surface area contributed by atoms with Crippen molar-refractivity contribution in [2.75, 3.05) is 12.5 Å². The number of benzene rings is 1. The van der Waals surface area contributed by atoms with Gasteiger partial charge in [0.1, 0.15) is 5.82 Å². The summed E-state index contributed by atoms with van der Waals surface area (Å²) in [5.74, 6) is 0.999. The molecule has 1 fully saturated rings. The quantitative estimate of drug-likeness (QED) is 0.678. The molecule has 0 atom stereocenters. The van der Waals surface area contributed by atoms with E-state index in [-0.39, 0.29) is 5.82 Å². The van der Waals surface area contributed by atoms with Crippen molar-refractivity contribution in [1.82, 2.24) is 9.97 Å². The van der Waals surface area contributed by atoms with Gasteiger partial charge >= 0.3 is 0 Å². The zero-order valence-electron chi connectivity index (χ0n) is 11.6. The Hall–Kier alpha value is -2.50. The molecule has 1 aliphatic rings. The molecule has 108 valence electrons. The average Bonchev–Trinajstić information content (AvgIpc) is 3.34. The molecule has 1 heterocycles. The molecule has 1 aromatic carbocycles. The fourth-order valence-corrected chi connectivity index (χ4v) is 1.99. The van der Waals surface area contributed by atoms with E-state index in [1.807, 2.05) is 0 Å². The van der Waals surface area contributed by atoms with Crippen molar-refractivity contribution in [1.29, 1.82) is 0 Å². The number of rotatable bonds is 5. The van der Waals surface area contributed by atoms with E-state index in [4.69, 9.17) is 4.74 Å². The van der Waals surface area contributed by atoms with E-state index in [0.717, 1.165) is 24.1 Å². The lowest BCUT2D eigenvalue weighted by Gasteiger charge is -2.06. The van der Waals surface area contributed by atoms with Crippen molar-refractivity contribution < 1.29 is 9.13 Å². The molecule has 21 heavy (non-hydrogen) atoms. The Morgan fingerprint density at radius 3 is 2.71 bits per heavy atom. The minimum absolute atomic E-state index is 0.252. The molecule has 1 aromatic heterocycles. The maximum Gasteiger partial charge on any atom is 0.246 e. The summed E-state index contributed by atoms with van der Waals surface area (Å²) in [5.41, 5.74) is 4.66. The van der Waals surface area contributed by atoms with E-state index in [0.29, 0.717) is 17.7 Å². The Balaban J connectivity index is 1.82. The second kappa shape index (κ2) is 5.87. The summed E-state index contributed by atoms with van der Waals surface area (Å²) in [6, 6.07) is 8.02. The van der Waals surface area contributed by atoms with Gasteiger partial charge in [0.05, 0.1) is 12.8 Å². The Labute approximate surface area is 121 Å². The van der Waals surface area contributed by atoms with Gasteiger partial charge in [-0.1, -0.05) is 12.1 Å². The Kier molecular flexibility index (Phi) is 3.77. The van der Waals surface area contributed by atoms with Crippen LogP contribution in [0.2, 0.25) is 0 Å². The Morgan fingerprint density at radius 1 is 1.29 bits per heavy atom. The highest BCUT2D eigenvalue weighted by atomic mass is 19.1. The lowest BCUT2D eigenvalue weighted by Crippen LogP contribution is -2.08. The summed E-state index contributed by atoms with van der Waals surface area (Å²) >= 11 is 0. The van der Waals surface area contributed by atoms with Crippen molar-refractivity contribution in [3.8, 4) is 5.88 Å². The SMILES string of the molecule is COc1ccnc(N/N=C(/c2ccc(F)cc2)C2CC2)n1. The summed E-state index contributed by atoms with van der Waals surface area (Å²) in [5, 5.41) is 4.39. The van der Waals surface area contributed by atoms with Gasteiger partial charge < -0.3 is 4.74 Å². The number of halogens is 1. The molecule has 0 saturated heterocycles. The van der Waals surface area contributed by atoms with Crippen LogP contribution >= 0.6 is 0 Å². The van der Waals surface area contributed by atoms with Crippen LogP contribution in [0.1, 0.15) is 18.4 Å². The van der Waals surface area contributed by atoms with Gasteiger partial charge in [0.15, 0.2) is 0 Å². The van der Waals surface area contributed by atoms with Gasteiger partial charge in [0.2, 0.25) is 11.8 Å². The third kappa shape index (κ3) is 3.34. The third-order valence-corrected chi connectivity index (χ3v) is 3.22. The summed E-state index contributed by atoms with van der Waals surface area (Å²) in [7, 11) is 1.55. The van der Waals surface area contributed by atoms with Gasteiger partial charge in [-0.3, -0.25) is 0 Å². The molecular weight excluding hydrogens is 271 g/mol. The molecule has 6 heteroatoms. The van der Waals surface area contributed by atoms with E-state index in [9.17, 15) is 4.39 Å². The van der Waals surface area contributed by atoms with Gasteiger partial charge in [-0.25, -0.2) is 14.8 Å². The van der Waals surface area contributed by atoms with Crippen LogP contribution in [0.25, 0.3) is 0 Å². The second-order valence-electron chi connectivity index (χ2n) is 4.81. The molecule has 1 saturated carbocycles. The number of anilines is 1. The Morgan fingerprint density at radius 2 is 2.05 bits per heavy atom. The first-order valence-corrected chi connectivity index (χ1v) is 6.73. The maximum atomic E-state index is 13.0. The van der Waals surface area contributed by atoms with Crippen LogP contribution < -0.4 is 10.2 Å². The summed E-state index contributed by atoms with van der Waals surface area (Å²) in [6.45, 7) is 0. The predicted molar refractivity (Wildman–Crippen MR) is 77.9 cm³/mol. The standard InChI is InChI=1S/C15H15FN4O/c1-21-13-8-9-17-15(18-13)20-19-14(10-2-3-10)11-4-6-12(16)7-5-11/h4-10H,2-3H2,1H3,(H,17,18,20)/b19-14+. The monoisotopic (exact) mass is 286 g/mol. The normalized spacial score (nSPS) is 14.9. The number of hydrogen-bond acceptors (Lipinski definition) is 5. The van der Waals surface area contributed by atoms with Crippen LogP contribution in [0.5, 0.6) is 5.88 Å². The third-order valence-electron chi connectivity index (χ3n) is 3.22. The molecule has 0 radical (unpaired) electrons. The molecule has 5 nitrogen and oxygen atoms in total. The maximum absolute atomic E-state index is 13.0. The fourth-order valence-electron chi connectivity index (χ4n) is 1.99. The van der Waals surface area contributed by atoms with Gasteiger partial charge in [-0.15, -0.1) is 0 Å². The smallest absolute Gasteiger partial charge is 0.246 e. The number of methoxy groups -OCH3 is 1. The number of aromatic nitrogens is 2. The molecule has 3 rings (SSSR count). The number of hydrogen-bond donors (Lipinski definition) is 1. The largest absolute Gasteiger partial charge is 0.481 e. The van der Waals surface area contributed by atoms with Gasteiger partial charge in [0, 0.05) is 18.2 Å². The summed E-state index contributed by atoms with van der Waals surface area (Å²) < 4.78 is 18.0. The highest BCUT2D eigenvalue weighted by Gasteiger charge is 2.28. The second-order valence-corrected chi connectivity index (χ2v) is 4.81. The zero-order chi connectivity index (χ0) is 14.7. The van der Waals surface area contributed by atoms with Crippen molar-refractivity contribution in [2.24, 2.45) is 11.0 Å². The minimum atomic E-state index is -0.252. The molecule has 0 aliphatic heterocycles. The molecule has 2 aromatic rings. The van der Waals surface area contributed by atoms with Crippen molar-refractivity contribution >= 4 is 11.7 Å². The summed E-state index contributed by atoms with van der Waals surface area (Å²) in [6.07, 6.45) is 3.78. The van der Waals surface area contributed by atoms with E-state index >= 15 is 0 Å². The lowest BCUT2D eigenvalue weighted by atomic mass is 10.1. The van der Waals surface area contributed by atoms with Gasteiger partial charge in [-0.2, -0.15) is 10.1 Å². The molecule has 0 bridgehead atoms. The Bertz CT molecular complexity index is 653. The van der Waals surface area contributed by atoms with Crippen LogP contribution in [-0.4, -0.2) is 22.8 Å². The molecule has 0 amide bonds. The number of nitrogens with one attached hydrogen (secondary N) is 1. The zero-order valence-corrected chi connectivity index (χ0v) is 11.6. The van der Waals surface area contributed by atoms with Gasteiger partial charge in [0.25, 0.3) is 0 Å². The van der Waals surface area contributed by atoms with E-state index in [1.165, 1.54) is 12.1 Å². The molecule has 0 unspecified atom stereocenters. The van der Waals surface area contributed by atoms with Crippen LogP contribution in [-0.2, 0) is 0 Å². The summed E-state index contributed by atoms with van der Waals surface area (Å²) in [4.78, 5) is 8.22. The first-order valence-electron chi connectivity index (χ1n) is 6.73. The lowest BCUT2D eigenvalue weighted by molar-refractivity contribution is 0.397. The van der Waals surface area contributed by atoms with Crippen LogP contribution in [0.3, 0.4) is 0 Å². The van der Waals surface area contributed by atoms with E-state index in [2.05, 4.69) is 20.5 Å². The minimum Gasteiger partial charge on any atom is -0.481 e. The van der Waals surface area contributed by atoms with E-state index < -0.39 is 0 Å².